The highest BCUT2D eigenvalue weighted by molar-refractivity contribution is 6.31. The molecule has 156 valence electrons. The Labute approximate surface area is 185 Å². The molecule has 0 bridgehead atoms. The van der Waals surface area contributed by atoms with Crippen molar-refractivity contribution in [1.82, 2.24) is 0 Å². The van der Waals surface area contributed by atoms with Gasteiger partial charge in [-0.1, -0.05) is 61.0 Å². The number of rotatable bonds is 4. The van der Waals surface area contributed by atoms with E-state index in [1.165, 1.54) is 10.5 Å². The number of hydroxylamine groups is 1. The van der Waals surface area contributed by atoms with E-state index in [0.717, 1.165) is 17.7 Å². The molecular formula is C25H21ClN2O3. The van der Waals surface area contributed by atoms with Crippen LogP contribution in [-0.2, 0) is 20.8 Å². The van der Waals surface area contributed by atoms with E-state index in [1.54, 1.807) is 29.3 Å². The van der Waals surface area contributed by atoms with Crippen molar-refractivity contribution in [3.05, 3.63) is 95.0 Å². The second-order valence-corrected chi connectivity index (χ2v) is 8.18. The van der Waals surface area contributed by atoms with Crippen molar-refractivity contribution >= 4 is 34.8 Å². The third-order valence-electron chi connectivity index (χ3n) is 5.94. The van der Waals surface area contributed by atoms with E-state index in [4.69, 9.17) is 16.4 Å². The summed E-state index contributed by atoms with van der Waals surface area (Å²) in [6, 6.07) is 24.0. The maximum Gasteiger partial charge on any atom is 0.266 e. The topological polar surface area (TPSA) is 49.9 Å². The lowest BCUT2D eigenvalue weighted by atomic mass is 9.90. The van der Waals surface area contributed by atoms with E-state index < -0.39 is 18.1 Å². The van der Waals surface area contributed by atoms with Crippen LogP contribution in [0.1, 0.15) is 24.1 Å². The van der Waals surface area contributed by atoms with Crippen LogP contribution in [0.5, 0.6) is 0 Å². The van der Waals surface area contributed by atoms with E-state index in [1.807, 2.05) is 42.5 Å². The van der Waals surface area contributed by atoms with Gasteiger partial charge >= 0.3 is 0 Å². The van der Waals surface area contributed by atoms with Crippen LogP contribution in [-0.4, -0.2) is 17.9 Å². The van der Waals surface area contributed by atoms with Crippen LogP contribution >= 0.6 is 11.6 Å². The van der Waals surface area contributed by atoms with Gasteiger partial charge in [0.05, 0.1) is 17.4 Å². The van der Waals surface area contributed by atoms with Crippen LogP contribution in [0, 0.1) is 5.92 Å². The zero-order valence-electron chi connectivity index (χ0n) is 16.9. The van der Waals surface area contributed by atoms with Gasteiger partial charge in [0.2, 0.25) is 5.91 Å². The molecule has 0 radical (unpaired) electrons. The number of hydrogen-bond donors (Lipinski definition) is 0. The normalized spacial score (nSPS) is 22.8. The maximum atomic E-state index is 13.5. The lowest BCUT2D eigenvalue weighted by Gasteiger charge is -2.28. The first-order valence-electron chi connectivity index (χ1n) is 10.3. The molecule has 3 atom stereocenters. The van der Waals surface area contributed by atoms with Crippen LogP contribution in [0.4, 0.5) is 11.4 Å². The Bertz CT molecular complexity index is 1120. The Hall–Kier alpha value is -3.15. The second-order valence-electron chi connectivity index (χ2n) is 7.74. The Morgan fingerprint density at radius 2 is 1.52 bits per heavy atom. The third kappa shape index (κ3) is 3.30. The van der Waals surface area contributed by atoms with Crippen LogP contribution in [0.25, 0.3) is 0 Å². The molecule has 2 amide bonds. The van der Waals surface area contributed by atoms with E-state index in [2.05, 4.69) is 19.1 Å². The molecule has 0 N–H and O–H groups in total. The summed E-state index contributed by atoms with van der Waals surface area (Å²) in [6.45, 7) is 2.10. The minimum Gasteiger partial charge on any atom is -0.273 e. The molecule has 0 saturated carbocycles. The Morgan fingerprint density at radius 1 is 0.839 bits per heavy atom. The van der Waals surface area contributed by atoms with Gasteiger partial charge < -0.3 is 0 Å². The average Bonchev–Trinajstić information content (AvgIpc) is 3.31. The van der Waals surface area contributed by atoms with Gasteiger partial charge in [-0.25, -0.2) is 9.96 Å². The molecule has 0 unspecified atom stereocenters. The number of fused-ring (bicyclic) bond motifs is 1. The largest absolute Gasteiger partial charge is 0.273 e. The number of aryl methyl sites for hydroxylation is 1. The summed E-state index contributed by atoms with van der Waals surface area (Å²) in [5, 5.41) is 2.26. The molecule has 5 rings (SSSR count). The molecule has 6 heteroatoms. The smallest absolute Gasteiger partial charge is 0.266 e. The van der Waals surface area contributed by atoms with Crippen molar-refractivity contribution in [2.45, 2.75) is 25.5 Å². The van der Waals surface area contributed by atoms with Crippen molar-refractivity contribution in [2.75, 3.05) is 9.96 Å². The molecule has 2 heterocycles. The van der Waals surface area contributed by atoms with E-state index in [9.17, 15) is 9.59 Å². The molecule has 0 aliphatic carbocycles. The zero-order chi connectivity index (χ0) is 21.5. The van der Waals surface area contributed by atoms with Crippen LogP contribution in [0.15, 0.2) is 78.9 Å². The highest BCUT2D eigenvalue weighted by Crippen LogP contribution is 2.47. The van der Waals surface area contributed by atoms with Gasteiger partial charge in [0.25, 0.3) is 5.91 Å². The predicted octanol–water partition coefficient (Wildman–Crippen LogP) is 4.95. The number of carbonyl (C=O) groups is 2. The van der Waals surface area contributed by atoms with Crippen LogP contribution < -0.4 is 9.96 Å². The summed E-state index contributed by atoms with van der Waals surface area (Å²) in [5.41, 5.74) is 3.46. The molecule has 0 aromatic heterocycles. The third-order valence-corrected chi connectivity index (χ3v) is 6.19. The quantitative estimate of drug-likeness (QED) is 0.547. The summed E-state index contributed by atoms with van der Waals surface area (Å²) in [7, 11) is 0. The summed E-state index contributed by atoms with van der Waals surface area (Å²) >= 11 is 5.98. The van der Waals surface area contributed by atoms with Crippen LogP contribution in [0.2, 0.25) is 5.02 Å². The Kier molecular flexibility index (Phi) is 5.00. The second kappa shape index (κ2) is 7.84. The summed E-state index contributed by atoms with van der Waals surface area (Å²) < 4.78 is 0. The van der Waals surface area contributed by atoms with Crippen molar-refractivity contribution in [1.29, 1.82) is 0 Å². The number of para-hydroxylation sites is 1. The molecular weight excluding hydrogens is 412 g/mol. The number of carbonyl (C=O) groups excluding carboxylic acids is 2. The Morgan fingerprint density at radius 3 is 2.16 bits per heavy atom. The fraction of sp³-hybridized carbons (Fsp3) is 0.200. The lowest BCUT2D eigenvalue weighted by molar-refractivity contribution is -0.126. The van der Waals surface area contributed by atoms with E-state index in [0.29, 0.717) is 10.7 Å². The lowest BCUT2D eigenvalue weighted by Crippen LogP contribution is -2.37. The van der Waals surface area contributed by atoms with Crippen molar-refractivity contribution in [2.24, 2.45) is 5.92 Å². The van der Waals surface area contributed by atoms with Gasteiger partial charge in [0.1, 0.15) is 5.92 Å². The summed E-state index contributed by atoms with van der Waals surface area (Å²) in [6.07, 6.45) is 0.0525. The molecule has 31 heavy (non-hydrogen) atoms. The zero-order valence-corrected chi connectivity index (χ0v) is 17.7. The molecule has 2 fully saturated rings. The van der Waals surface area contributed by atoms with Gasteiger partial charge in [-0.2, -0.15) is 0 Å². The molecule has 2 aliphatic heterocycles. The van der Waals surface area contributed by atoms with Gasteiger partial charge in [-0.05, 0) is 53.9 Å². The molecule has 3 aromatic carbocycles. The summed E-state index contributed by atoms with van der Waals surface area (Å²) in [4.78, 5) is 34.2. The molecule has 5 nitrogen and oxygen atoms in total. The number of anilines is 2. The monoisotopic (exact) mass is 432 g/mol. The maximum absolute atomic E-state index is 13.5. The van der Waals surface area contributed by atoms with Gasteiger partial charge in [-0.15, -0.1) is 0 Å². The average molecular weight is 433 g/mol. The standard InChI is InChI=1S/C25H21ClN2O3/c1-2-16-8-10-17(11-9-16)22-21-23(31-28(22)20-6-4-3-5-7-20)25(30)27(24(21)29)19-14-12-18(26)13-15-19/h3-15,21-23H,2H2,1H3/t21-,22-,23-/m0/s1. The SMILES string of the molecule is CCc1ccc([C@H]2[C@@H]3C(=O)N(c4ccc(Cl)cc4)C(=O)[C@H]3ON2c2ccccc2)cc1. The van der Waals surface area contributed by atoms with Gasteiger partial charge in [0, 0.05) is 5.02 Å². The summed E-state index contributed by atoms with van der Waals surface area (Å²) in [5.74, 6) is -1.26. The minimum atomic E-state index is -0.876. The molecule has 3 aromatic rings. The van der Waals surface area contributed by atoms with Crippen molar-refractivity contribution in [3.8, 4) is 0 Å². The molecule has 0 spiro atoms. The number of halogens is 1. The van der Waals surface area contributed by atoms with E-state index in [-0.39, 0.29) is 11.8 Å². The Balaban J connectivity index is 1.57. The van der Waals surface area contributed by atoms with Crippen LogP contribution in [0.3, 0.4) is 0 Å². The number of amides is 2. The van der Waals surface area contributed by atoms with Crippen molar-refractivity contribution in [3.63, 3.8) is 0 Å². The first-order valence-corrected chi connectivity index (χ1v) is 10.7. The number of imide groups is 1. The fourth-order valence-corrected chi connectivity index (χ4v) is 4.47. The van der Waals surface area contributed by atoms with Gasteiger partial charge in [0.15, 0.2) is 6.10 Å². The highest BCUT2D eigenvalue weighted by atomic mass is 35.5. The molecule has 2 saturated heterocycles. The number of hydrogen-bond acceptors (Lipinski definition) is 4. The highest BCUT2D eigenvalue weighted by Gasteiger charge is 2.60. The number of benzene rings is 3. The minimum absolute atomic E-state index is 0.264. The predicted molar refractivity (Wildman–Crippen MR) is 120 cm³/mol. The number of nitrogens with zero attached hydrogens (tertiary/aromatic N) is 2. The first kappa shape index (κ1) is 19.8. The first-order chi connectivity index (χ1) is 15.1. The van der Waals surface area contributed by atoms with Crippen molar-refractivity contribution < 1.29 is 14.4 Å². The van der Waals surface area contributed by atoms with E-state index >= 15 is 0 Å². The molecule has 2 aliphatic rings. The fourth-order valence-electron chi connectivity index (χ4n) is 4.35. The van der Waals surface area contributed by atoms with Gasteiger partial charge in [-0.3, -0.25) is 14.4 Å².